The Kier molecular flexibility index (Phi) is 5.41. The Morgan fingerprint density at radius 2 is 2.17 bits per heavy atom. The molecule has 0 bridgehead atoms. The van der Waals surface area contributed by atoms with E-state index in [1.807, 2.05) is 6.07 Å². The van der Waals surface area contributed by atoms with E-state index in [1.54, 1.807) is 23.5 Å². The number of hydrogen-bond acceptors (Lipinski definition) is 2. The molecule has 23 heavy (non-hydrogen) atoms. The minimum atomic E-state index is -0.204. The van der Waals surface area contributed by atoms with Gasteiger partial charge < -0.3 is 10.2 Å². The van der Waals surface area contributed by atoms with Gasteiger partial charge in [-0.3, -0.25) is 4.79 Å². The summed E-state index contributed by atoms with van der Waals surface area (Å²) in [6.45, 7) is 2.03. The summed E-state index contributed by atoms with van der Waals surface area (Å²) in [7, 11) is 0. The van der Waals surface area contributed by atoms with Gasteiger partial charge in [0.05, 0.1) is 11.4 Å². The van der Waals surface area contributed by atoms with Crippen LogP contribution in [0.4, 0.5) is 4.39 Å². The third-order valence-corrected chi connectivity index (χ3v) is 5.42. The normalized spacial score (nSPS) is 20.6. The first-order valence-electron chi connectivity index (χ1n) is 8.12. The van der Waals surface area contributed by atoms with Crippen molar-refractivity contribution in [1.29, 1.82) is 0 Å². The minimum Gasteiger partial charge on any atom is -0.351 e. The number of carbonyl (C=O) groups is 1. The van der Waals surface area contributed by atoms with Crippen molar-refractivity contribution in [1.82, 2.24) is 5.32 Å². The highest BCUT2D eigenvalue weighted by molar-refractivity contribution is 7.10. The van der Waals surface area contributed by atoms with Gasteiger partial charge in [0.25, 0.3) is 5.91 Å². The third-order valence-electron chi connectivity index (χ3n) is 4.43. The quantitative estimate of drug-likeness (QED) is 0.833. The summed E-state index contributed by atoms with van der Waals surface area (Å²) in [6.07, 6.45) is 2.85. The SMILES string of the molecule is O=C(C[NH+]1CCC[C@H]1c1cccs1)NCCc1ccccc1F. The fourth-order valence-electron chi connectivity index (χ4n) is 3.26. The Balaban J connectivity index is 1.47. The summed E-state index contributed by atoms with van der Waals surface area (Å²) in [6, 6.07) is 11.4. The van der Waals surface area contributed by atoms with E-state index >= 15 is 0 Å². The Hall–Kier alpha value is -1.72. The van der Waals surface area contributed by atoms with Crippen LogP contribution in [-0.2, 0) is 11.2 Å². The summed E-state index contributed by atoms with van der Waals surface area (Å²) in [4.78, 5) is 14.9. The molecule has 1 saturated heterocycles. The van der Waals surface area contributed by atoms with Crippen molar-refractivity contribution in [3.63, 3.8) is 0 Å². The Morgan fingerprint density at radius 3 is 2.96 bits per heavy atom. The van der Waals surface area contributed by atoms with Gasteiger partial charge in [0, 0.05) is 19.4 Å². The standard InChI is InChI=1S/C18H21FN2OS/c19-15-6-2-1-5-14(15)9-10-20-18(22)13-21-11-3-7-16(21)17-8-4-12-23-17/h1-2,4-6,8,12,16H,3,7,9-11,13H2,(H,20,22)/p+1/t16-/m0/s1. The number of carbonyl (C=O) groups excluding carboxylic acids is 1. The van der Waals surface area contributed by atoms with Crippen molar-refractivity contribution in [2.24, 2.45) is 0 Å². The van der Waals surface area contributed by atoms with E-state index in [-0.39, 0.29) is 11.7 Å². The lowest BCUT2D eigenvalue weighted by Crippen LogP contribution is -3.11. The van der Waals surface area contributed by atoms with E-state index in [2.05, 4.69) is 22.8 Å². The molecular weight excluding hydrogens is 311 g/mol. The molecule has 3 nitrogen and oxygen atoms in total. The smallest absolute Gasteiger partial charge is 0.275 e. The largest absolute Gasteiger partial charge is 0.351 e. The second kappa shape index (κ2) is 7.70. The maximum Gasteiger partial charge on any atom is 0.275 e. The zero-order valence-electron chi connectivity index (χ0n) is 13.1. The van der Waals surface area contributed by atoms with Crippen molar-refractivity contribution in [3.8, 4) is 0 Å². The monoisotopic (exact) mass is 333 g/mol. The van der Waals surface area contributed by atoms with Gasteiger partial charge >= 0.3 is 0 Å². The lowest BCUT2D eigenvalue weighted by molar-refractivity contribution is -0.910. The van der Waals surface area contributed by atoms with E-state index in [0.717, 1.165) is 13.0 Å². The highest BCUT2D eigenvalue weighted by atomic mass is 32.1. The van der Waals surface area contributed by atoms with Crippen LogP contribution in [0.2, 0.25) is 0 Å². The number of thiophene rings is 1. The molecule has 1 amide bonds. The van der Waals surface area contributed by atoms with E-state index < -0.39 is 0 Å². The predicted octanol–water partition coefficient (Wildman–Crippen LogP) is 1.97. The second-order valence-electron chi connectivity index (χ2n) is 5.99. The maximum atomic E-state index is 13.5. The average molecular weight is 333 g/mol. The Morgan fingerprint density at radius 1 is 1.30 bits per heavy atom. The van der Waals surface area contributed by atoms with Crippen LogP contribution in [0.15, 0.2) is 41.8 Å². The molecular formula is C18H22FN2OS+. The molecule has 1 aromatic heterocycles. The topological polar surface area (TPSA) is 33.5 Å². The van der Waals surface area contributed by atoms with Crippen LogP contribution < -0.4 is 10.2 Å². The van der Waals surface area contributed by atoms with Gasteiger partial charge in [-0.1, -0.05) is 24.3 Å². The molecule has 1 unspecified atom stereocenters. The number of halogens is 1. The maximum absolute atomic E-state index is 13.5. The summed E-state index contributed by atoms with van der Waals surface area (Å²) < 4.78 is 13.5. The Labute approximate surface area is 140 Å². The van der Waals surface area contributed by atoms with Crippen molar-refractivity contribution >= 4 is 17.2 Å². The van der Waals surface area contributed by atoms with Crippen LogP contribution in [0.5, 0.6) is 0 Å². The fraction of sp³-hybridized carbons (Fsp3) is 0.389. The number of quaternary nitrogens is 1. The molecule has 0 saturated carbocycles. The molecule has 1 aliphatic heterocycles. The first-order valence-corrected chi connectivity index (χ1v) is 9.00. The lowest BCUT2D eigenvalue weighted by Gasteiger charge is -2.20. The van der Waals surface area contributed by atoms with Crippen molar-refractivity contribution < 1.29 is 14.1 Å². The number of benzene rings is 1. The molecule has 1 aromatic carbocycles. The van der Waals surface area contributed by atoms with E-state index in [9.17, 15) is 9.18 Å². The van der Waals surface area contributed by atoms with E-state index in [0.29, 0.717) is 31.1 Å². The van der Waals surface area contributed by atoms with Gasteiger partial charge in [-0.05, 0) is 29.5 Å². The van der Waals surface area contributed by atoms with Crippen LogP contribution in [0, 0.1) is 5.82 Å². The molecule has 0 spiro atoms. The number of hydrogen-bond donors (Lipinski definition) is 2. The highest BCUT2D eigenvalue weighted by Gasteiger charge is 2.32. The zero-order valence-corrected chi connectivity index (χ0v) is 13.9. The minimum absolute atomic E-state index is 0.0554. The average Bonchev–Trinajstić information content (AvgIpc) is 3.20. The van der Waals surface area contributed by atoms with Gasteiger partial charge in [0.2, 0.25) is 0 Å². The summed E-state index contributed by atoms with van der Waals surface area (Å²) in [5, 5.41) is 5.03. The summed E-state index contributed by atoms with van der Waals surface area (Å²) in [5.41, 5.74) is 0.651. The van der Waals surface area contributed by atoms with Crippen LogP contribution in [0.1, 0.15) is 29.3 Å². The number of rotatable bonds is 6. The number of nitrogens with one attached hydrogen (secondary N) is 2. The third kappa shape index (κ3) is 4.18. The van der Waals surface area contributed by atoms with Gasteiger partial charge in [-0.15, -0.1) is 11.3 Å². The molecule has 3 rings (SSSR count). The van der Waals surface area contributed by atoms with E-state index in [1.165, 1.54) is 22.3 Å². The van der Waals surface area contributed by atoms with Gasteiger partial charge in [0.1, 0.15) is 11.9 Å². The van der Waals surface area contributed by atoms with Crippen LogP contribution in [0.25, 0.3) is 0 Å². The van der Waals surface area contributed by atoms with Crippen molar-refractivity contribution in [2.45, 2.75) is 25.3 Å². The number of likely N-dealkylation sites (tertiary alicyclic amines) is 1. The molecule has 122 valence electrons. The molecule has 2 aromatic rings. The van der Waals surface area contributed by atoms with Gasteiger partial charge in [0.15, 0.2) is 6.54 Å². The van der Waals surface area contributed by atoms with E-state index in [4.69, 9.17) is 0 Å². The zero-order chi connectivity index (χ0) is 16.1. The fourth-order valence-corrected chi connectivity index (χ4v) is 4.18. The molecule has 2 N–H and O–H groups in total. The van der Waals surface area contributed by atoms with Crippen LogP contribution >= 0.6 is 11.3 Å². The molecule has 0 radical (unpaired) electrons. The molecule has 5 heteroatoms. The first-order chi connectivity index (χ1) is 11.2. The molecule has 2 atom stereocenters. The van der Waals surface area contributed by atoms with Crippen molar-refractivity contribution in [3.05, 3.63) is 58.0 Å². The van der Waals surface area contributed by atoms with Crippen LogP contribution in [-0.4, -0.2) is 25.5 Å². The molecule has 2 heterocycles. The van der Waals surface area contributed by atoms with Crippen LogP contribution in [0.3, 0.4) is 0 Å². The number of amides is 1. The highest BCUT2D eigenvalue weighted by Crippen LogP contribution is 2.23. The summed E-state index contributed by atoms with van der Waals surface area (Å²) >= 11 is 1.77. The van der Waals surface area contributed by atoms with Gasteiger partial charge in [-0.25, -0.2) is 4.39 Å². The first kappa shape index (κ1) is 16.1. The predicted molar refractivity (Wildman–Crippen MR) is 90.1 cm³/mol. The van der Waals surface area contributed by atoms with Crippen molar-refractivity contribution in [2.75, 3.05) is 19.6 Å². The summed E-state index contributed by atoms with van der Waals surface area (Å²) in [5.74, 6) is -0.149. The molecule has 1 aliphatic rings. The molecule has 0 aliphatic carbocycles. The second-order valence-corrected chi connectivity index (χ2v) is 6.97. The lowest BCUT2D eigenvalue weighted by atomic mass is 10.1. The Bertz CT molecular complexity index is 644. The molecule has 1 fully saturated rings. The van der Waals surface area contributed by atoms with Gasteiger partial charge in [-0.2, -0.15) is 0 Å².